The van der Waals surface area contributed by atoms with E-state index in [9.17, 15) is 4.79 Å². The molecule has 140 valence electrons. The molecule has 1 N–H and O–H groups in total. The van der Waals surface area contributed by atoms with Crippen LogP contribution in [-0.2, 0) is 11.2 Å². The summed E-state index contributed by atoms with van der Waals surface area (Å²) in [6, 6.07) is 9.36. The summed E-state index contributed by atoms with van der Waals surface area (Å²) < 4.78 is 16.8. The number of aryl methyl sites for hydroxylation is 1. The highest BCUT2D eigenvalue weighted by atomic mass is 79.9. The van der Waals surface area contributed by atoms with Crippen LogP contribution < -0.4 is 19.5 Å². The van der Waals surface area contributed by atoms with Crippen molar-refractivity contribution in [1.29, 1.82) is 0 Å². The zero-order chi connectivity index (χ0) is 19.3. The van der Waals surface area contributed by atoms with Crippen LogP contribution in [0.1, 0.15) is 29.7 Å². The third-order valence-electron chi connectivity index (χ3n) is 4.13. The summed E-state index contributed by atoms with van der Waals surface area (Å²) in [4.78, 5) is 12.5. The van der Waals surface area contributed by atoms with Gasteiger partial charge in [-0.25, -0.2) is 0 Å². The van der Waals surface area contributed by atoms with Crippen molar-refractivity contribution in [3.63, 3.8) is 0 Å². The number of carbonyl (C=O) groups excluding carboxylic acids is 1. The molecule has 0 fully saturated rings. The SMILES string of the molecule is COc1cc(Br)c(CC(=O)N[C@@H](C)c2cc(C)ccc2OC)cc1OC. The second-order valence-electron chi connectivity index (χ2n) is 6.01. The lowest BCUT2D eigenvalue weighted by molar-refractivity contribution is -0.121. The maximum Gasteiger partial charge on any atom is 0.224 e. The molecule has 0 aromatic heterocycles. The van der Waals surface area contributed by atoms with Crippen LogP contribution in [0.25, 0.3) is 0 Å². The Labute approximate surface area is 162 Å². The summed E-state index contributed by atoms with van der Waals surface area (Å²) in [5.74, 6) is 1.87. The van der Waals surface area contributed by atoms with Crippen molar-refractivity contribution >= 4 is 21.8 Å². The highest BCUT2D eigenvalue weighted by molar-refractivity contribution is 9.10. The van der Waals surface area contributed by atoms with Crippen molar-refractivity contribution < 1.29 is 19.0 Å². The Morgan fingerprint density at radius 1 is 1.04 bits per heavy atom. The molecule has 26 heavy (non-hydrogen) atoms. The summed E-state index contributed by atoms with van der Waals surface area (Å²) >= 11 is 3.49. The van der Waals surface area contributed by atoms with Gasteiger partial charge >= 0.3 is 0 Å². The van der Waals surface area contributed by atoms with Gasteiger partial charge in [0.15, 0.2) is 11.5 Å². The molecule has 0 aliphatic rings. The van der Waals surface area contributed by atoms with Crippen LogP contribution in [0.5, 0.6) is 17.2 Å². The second kappa shape index (κ2) is 8.94. The Morgan fingerprint density at radius 2 is 1.65 bits per heavy atom. The summed E-state index contributed by atoms with van der Waals surface area (Å²) in [5.41, 5.74) is 2.89. The van der Waals surface area contributed by atoms with Gasteiger partial charge in [-0.05, 0) is 37.6 Å². The zero-order valence-electron chi connectivity index (χ0n) is 15.7. The van der Waals surface area contributed by atoms with Crippen LogP contribution in [0, 0.1) is 6.92 Å². The molecule has 0 saturated carbocycles. The molecule has 0 unspecified atom stereocenters. The van der Waals surface area contributed by atoms with Crippen LogP contribution in [0.3, 0.4) is 0 Å². The molecule has 1 atom stereocenters. The molecular weight excluding hydrogens is 398 g/mol. The first-order valence-corrected chi connectivity index (χ1v) is 9.03. The first-order valence-electron chi connectivity index (χ1n) is 8.23. The topological polar surface area (TPSA) is 56.8 Å². The number of halogens is 1. The number of amides is 1. The number of hydrogen-bond acceptors (Lipinski definition) is 4. The first kappa shape index (κ1) is 20.1. The van der Waals surface area contributed by atoms with Crippen molar-refractivity contribution in [1.82, 2.24) is 5.32 Å². The van der Waals surface area contributed by atoms with Gasteiger partial charge in [-0.3, -0.25) is 4.79 Å². The van der Waals surface area contributed by atoms with Crippen LogP contribution in [0.15, 0.2) is 34.8 Å². The number of carbonyl (C=O) groups is 1. The average molecular weight is 422 g/mol. The van der Waals surface area contributed by atoms with Crippen molar-refractivity contribution in [3.05, 3.63) is 51.5 Å². The van der Waals surface area contributed by atoms with E-state index < -0.39 is 0 Å². The van der Waals surface area contributed by atoms with Crippen molar-refractivity contribution in [2.24, 2.45) is 0 Å². The van der Waals surface area contributed by atoms with Gasteiger partial charge < -0.3 is 19.5 Å². The Hall–Kier alpha value is -2.21. The van der Waals surface area contributed by atoms with E-state index in [0.717, 1.165) is 26.9 Å². The van der Waals surface area contributed by atoms with Crippen LogP contribution in [0.2, 0.25) is 0 Å². The first-order chi connectivity index (χ1) is 12.4. The van der Waals surface area contributed by atoms with Gasteiger partial charge in [0.1, 0.15) is 5.75 Å². The molecule has 5 nitrogen and oxygen atoms in total. The molecule has 6 heteroatoms. The number of nitrogens with one attached hydrogen (secondary N) is 1. The molecule has 1 amide bonds. The average Bonchev–Trinajstić information content (AvgIpc) is 2.62. The molecule has 2 rings (SSSR count). The summed E-state index contributed by atoms with van der Waals surface area (Å²) in [7, 11) is 4.78. The van der Waals surface area contributed by atoms with E-state index in [0.29, 0.717) is 11.5 Å². The molecule has 0 radical (unpaired) electrons. The molecule has 0 aliphatic heterocycles. The third kappa shape index (κ3) is 4.69. The molecule has 2 aromatic rings. The Kier molecular flexibility index (Phi) is 6.91. The minimum absolute atomic E-state index is 0.0889. The normalized spacial score (nSPS) is 11.6. The number of rotatable bonds is 7. The Balaban J connectivity index is 2.15. The standard InChI is InChI=1S/C20H24BrNO4/c1-12-6-7-17(24-3)15(8-12)13(2)22-20(23)10-14-9-18(25-4)19(26-5)11-16(14)21/h6-9,11,13H,10H2,1-5H3,(H,22,23)/t13-/m0/s1. The van der Waals surface area contributed by atoms with E-state index in [1.165, 1.54) is 0 Å². The lowest BCUT2D eigenvalue weighted by Gasteiger charge is -2.18. The Morgan fingerprint density at radius 3 is 2.27 bits per heavy atom. The summed E-state index contributed by atoms with van der Waals surface area (Å²) in [6.07, 6.45) is 0.222. The third-order valence-corrected chi connectivity index (χ3v) is 4.87. The predicted octanol–water partition coefficient (Wildman–Crippen LogP) is 4.20. The maximum atomic E-state index is 12.5. The van der Waals surface area contributed by atoms with Crippen molar-refractivity contribution in [2.75, 3.05) is 21.3 Å². The van der Waals surface area contributed by atoms with Gasteiger partial charge in [-0.2, -0.15) is 0 Å². The van der Waals surface area contributed by atoms with E-state index in [2.05, 4.69) is 21.2 Å². The van der Waals surface area contributed by atoms with E-state index in [1.807, 2.05) is 32.0 Å². The smallest absolute Gasteiger partial charge is 0.224 e. The Bertz CT molecular complexity index is 792. The molecular formula is C20H24BrNO4. The van der Waals surface area contributed by atoms with E-state index in [-0.39, 0.29) is 18.4 Å². The fourth-order valence-electron chi connectivity index (χ4n) is 2.77. The van der Waals surface area contributed by atoms with Gasteiger partial charge in [-0.1, -0.05) is 33.6 Å². The van der Waals surface area contributed by atoms with Crippen LogP contribution in [0.4, 0.5) is 0 Å². The van der Waals surface area contributed by atoms with Crippen LogP contribution >= 0.6 is 15.9 Å². The van der Waals surface area contributed by atoms with E-state index >= 15 is 0 Å². The highest BCUT2D eigenvalue weighted by Crippen LogP contribution is 2.33. The number of hydrogen-bond donors (Lipinski definition) is 1. The molecule has 2 aromatic carbocycles. The van der Waals surface area contributed by atoms with Gasteiger partial charge in [0.05, 0.1) is 33.8 Å². The minimum atomic E-state index is -0.170. The molecule has 0 heterocycles. The quantitative estimate of drug-likeness (QED) is 0.727. The number of benzene rings is 2. The fourth-order valence-corrected chi connectivity index (χ4v) is 3.23. The predicted molar refractivity (Wildman–Crippen MR) is 105 cm³/mol. The number of methoxy groups -OCH3 is 3. The lowest BCUT2D eigenvalue weighted by atomic mass is 10.0. The van der Waals surface area contributed by atoms with Gasteiger partial charge in [0, 0.05) is 10.0 Å². The molecule has 0 spiro atoms. The van der Waals surface area contributed by atoms with Gasteiger partial charge in [0.25, 0.3) is 0 Å². The van der Waals surface area contributed by atoms with Gasteiger partial charge in [-0.15, -0.1) is 0 Å². The van der Waals surface area contributed by atoms with E-state index in [1.54, 1.807) is 33.5 Å². The molecule has 0 saturated heterocycles. The van der Waals surface area contributed by atoms with E-state index in [4.69, 9.17) is 14.2 Å². The van der Waals surface area contributed by atoms with Crippen LogP contribution in [-0.4, -0.2) is 27.2 Å². The second-order valence-corrected chi connectivity index (χ2v) is 6.86. The van der Waals surface area contributed by atoms with Gasteiger partial charge in [0.2, 0.25) is 5.91 Å². The monoisotopic (exact) mass is 421 g/mol. The minimum Gasteiger partial charge on any atom is -0.496 e. The molecule has 0 aliphatic carbocycles. The van der Waals surface area contributed by atoms with Crippen molar-refractivity contribution in [3.8, 4) is 17.2 Å². The fraction of sp³-hybridized carbons (Fsp3) is 0.350. The summed E-state index contributed by atoms with van der Waals surface area (Å²) in [5, 5.41) is 3.03. The number of ether oxygens (including phenoxy) is 3. The molecule has 0 bridgehead atoms. The maximum absolute atomic E-state index is 12.5. The zero-order valence-corrected chi connectivity index (χ0v) is 17.3. The summed E-state index contributed by atoms with van der Waals surface area (Å²) in [6.45, 7) is 3.96. The largest absolute Gasteiger partial charge is 0.496 e. The van der Waals surface area contributed by atoms with Crippen molar-refractivity contribution in [2.45, 2.75) is 26.3 Å². The lowest BCUT2D eigenvalue weighted by Crippen LogP contribution is -2.28. The highest BCUT2D eigenvalue weighted by Gasteiger charge is 2.17.